The molecule has 0 saturated carbocycles. The number of carbonyl (C=O) groups excluding carboxylic acids is 1. The Bertz CT molecular complexity index is 1200. The van der Waals surface area contributed by atoms with Gasteiger partial charge in [-0.1, -0.05) is 18.2 Å². The fourth-order valence-electron chi connectivity index (χ4n) is 3.43. The summed E-state index contributed by atoms with van der Waals surface area (Å²) in [6.45, 7) is -0.679. The van der Waals surface area contributed by atoms with Gasteiger partial charge < -0.3 is 4.90 Å². The summed E-state index contributed by atoms with van der Waals surface area (Å²) in [6, 6.07) is 6.50. The normalized spacial score (nSPS) is 12.5. The van der Waals surface area contributed by atoms with Gasteiger partial charge in [-0.15, -0.1) is 0 Å². The number of benzene rings is 2. The van der Waals surface area contributed by atoms with Crippen molar-refractivity contribution in [2.24, 2.45) is 0 Å². The highest BCUT2D eigenvalue weighted by atomic mass is 19.4. The first kappa shape index (κ1) is 26.0. The van der Waals surface area contributed by atoms with Crippen LogP contribution in [0.3, 0.4) is 0 Å². The standard InChI is InChI=1S/C23H15F9N2O/c1-34(12-13-8-14(21(24,25)26)10-15(9-13)22(27,28)29)20(35)18-11-33-7-6-16(18)17-4-2-3-5-19(17)23(30,31)32/h2-11H,12H2,1H3. The van der Waals surface area contributed by atoms with Crippen molar-refractivity contribution in [3.8, 4) is 11.1 Å². The van der Waals surface area contributed by atoms with Crippen molar-refractivity contribution in [2.75, 3.05) is 7.05 Å². The van der Waals surface area contributed by atoms with Crippen LogP contribution in [0.4, 0.5) is 39.5 Å². The Kier molecular flexibility index (Phi) is 6.87. The molecule has 1 heterocycles. The van der Waals surface area contributed by atoms with E-state index in [9.17, 15) is 44.3 Å². The molecule has 0 saturated heterocycles. The van der Waals surface area contributed by atoms with Gasteiger partial charge in [-0.2, -0.15) is 39.5 Å². The molecular formula is C23H15F9N2O. The number of nitrogens with zero attached hydrogens (tertiary/aromatic N) is 2. The highest BCUT2D eigenvalue weighted by molar-refractivity contribution is 6.00. The summed E-state index contributed by atoms with van der Waals surface area (Å²) in [7, 11) is 1.10. The second kappa shape index (κ2) is 9.23. The number of rotatable bonds is 4. The third kappa shape index (κ3) is 5.92. The Hall–Kier alpha value is -3.57. The maximum Gasteiger partial charge on any atom is 0.417 e. The molecule has 0 atom stereocenters. The lowest BCUT2D eigenvalue weighted by Crippen LogP contribution is -2.27. The lowest BCUT2D eigenvalue weighted by atomic mass is 9.96. The molecule has 0 fully saturated rings. The summed E-state index contributed by atoms with van der Waals surface area (Å²) in [6.07, 6.45) is -12.8. The first-order chi connectivity index (χ1) is 16.1. The largest absolute Gasteiger partial charge is 0.417 e. The van der Waals surface area contributed by atoms with E-state index < -0.39 is 53.2 Å². The van der Waals surface area contributed by atoms with Crippen LogP contribution in [0.25, 0.3) is 11.1 Å². The van der Waals surface area contributed by atoms with Crippen LogP contribution in [0.1, 0.15) is 32.6 Å². The molecule has 0 spiro atoms. The maximum absolute atomic E-state index is 13.5. The summed E-state index contributed by atoms with van der Waals surface area (Å²) in [5.74, 6) is -0.948. The zero-order valence-corrected chi connectivity index (χ0v) is 17.7. The van der Waals surface area contributed by atoms with Crippen LogP contribution in [0.2, 0.25) is 0 Å². The van der Waals surface area contributed by atoms with Gasteiger partial charge in [0.15, 0.2) is 0 Å². The van der Waals surface area contributed by atoms with E-state index in [2.05, 4.69) is 4.98 Å². The van der Waals surface area contributed by atoms with Crippen molar-refractivity contribution in [2.45, 2.75) is 25.1 Å². The number of halogens is 9. The molecule has 186 valence electrons. The van der Waals surface area contributed by atoms with Gasteiger partial charge in [0.25, 0.3) is 5.91 Å². The minimum absolute atomic E-state index is 0.0430. The van der Waals surface area contributed by atoms with Gasteiger partial charge in [-0.05, 0) is 47.0 Å². The van der Waals surface area contributed by atoms with E-state index in [-0.39, 0.29) is 22.8 Å². The molecule has 0 aliphatic rings. The van der Waals surface area contributed by atoms with Crippen molar-refractivity contribution < 1.29 is 44.3 Å². The van der Waals surface area contributed by atoms with Crippen LogP contribution in [-0.2, 0) is 25.1 Å². The molecule has 3 nitrogen and oxygen atoms in total. The van der Waals surface area contributed by atoms with Crippen molar-refractivity contribution in [1.82, 2.24) is 9.88 Å². The number of amides is 1. The quantitative estimate of drug-likeness (QED) is 0.355. The Morgan fingerprint density at radius 3 is 1.91 bits per heavy atom. The third-order valence-corrected chi connectivity index (χ3v) is 4.99. The average molecular weight is 506 g/mol. The molecule has 1 amide bonds. The van der Waals surface area contributed by atoms with E-state index in [1.54, 1.807) is 0 Å². The molecule has 3 rings (SSSR count). The number of hydrogen-bond donors (Lipinski definition) is 0. The molecule has 0 radical (unpaired) electrons. The Balaban J connectivity index is 2.01. The predicted molar refractivity (Wildman–Crippen MR) is 107 cm³/mol. The molecule has 0 N–H and O–H groups in total. The molecule has 12 heteroatoms. The van der Waals surface area contributed by atoms with E-state index in [1.165, 1.54) is 6.07 Å². The minimum atomic E-state index is -5.07. The number of pyridine rings is 1. The Labute approximate surface area is 192 Å². The van der Waals surface area contributed by atoms with Gasteiger partial charge in [-0.3, -0.25) is 9.78 Å². The lowest BCUT2D eigenvalue weighted by Gasteiger charge is -2.21. The molecule has 3 aromatic rings. The third-order valence-electron chi connectivity index (χ3n) is 4.99. The fraction of sp³-hybridized carbons (Fsp3) is 0.217. The fourth-order valence-corrected chi connectivity index (χ4v) is 3.43. The van der Waals surface area contributed by atoms with Crippen molar-refractivity contribution in [3.05, 3.63) is 88.7 Å². The Morgan fingerprint density at radius 2 is 1.37 bits per heavy atom. The topological polar surface area (TPSA) is 33.2 Å². The van der Waals surface area contributed by atoms with Crippen molar-refractivity contribution >= 4 is 5.91 Å². The zero-order valence-electron chi connectivity index (χ0n) is 17.7. The first-order valence-corrected chi connectivity index (χ1v) is 9.73. The van der Waals surface area contributed by atoms with E-state index in [0.717, 1.165) is 48.6 Å². The van der Waals surface area contributed by atoms with Gasteiger partial charge in [0, 0.05) is 26.0 Å². The molecule has 2 aromatic carbocycles. The molecule has 0 unspecified atom stereocenters. The summed E-state index contributed by atoms with van der Waals surface area (Å²) < 4.78 is 119. The van der Waals surface area contributed by atoms with Gasteiger partial charge in [0.05, 0.1) is 22.3 Å². The molecule has 0 aliphatic heterocycles. The van der Waals surface area contributed by atoms with Crippen LogP contribution in [-0.4, -0.2) is 22.8 Å². The number of alkyl halides is 9. The highest BCUT2D eigenvalue weighted by Crippen LogP contribution is 2.39. The van der Waals surface area contributed by atoms with E-state index >= 15 is 0 Å². The van der Waals surface area contributed by atoms with Gasteiger partial charge in [0.2, 0.25) is 0 Å². The lowest BCUT2D eigenvalue weighted by molar-refractivity contribution is -0.143. The average Bonchev–Trinajstić information content (AvgIpc) is 2.76. The molecule has 0 aliphatic carbocycles. The van der Waals surface area contributed by atoms with E-state index in [0.29, 0.717) is 12.1 Å². The van der Waals surface area contributed by atoms with E-state index in [4.69, 9.17) is 0 Å². The summed E-state index contributed by atoms with van der Waals surface area (Å²) in [5.41, 5.74) is -5.40. The number of aromatic nitrogens is 1. The SMILES string of the molecule is CN(Cc1cc(C(F)(F)F)cc(C(F)(F)F)c1)C(=O)c1cnccc1-c1ccccc1C(F)(F)F. The second-order valence-corrected chi connectivity index (χ2v) is 7.54. The molecular weight excluding hydrogens is 491 g/mol. The smallest absolute Gasteiger partial charge is 0.337 e. The van der Waals surface area contributed by atoms with Crippen LogP contribution in [0.15, 0.2) is 60.9 Å². The first-order valence-electron chi connectivity index (χ1n) is 9.73. The second-order valence-electron chi connectivity index (χ2n) is 7.54. The summed E-state index contributed by atoms with van der Waals surface area (Å²) >= 11 is 0. The van der Waals surface area contributed by atoms with Crippen LogP contribution in [0.5, 0.6) is 0 Å². The molecule has 35 heavy (non-hydrogen) atoms. The number of hydrogen-bond acceptors (Lipinski definition) is 2. The minimum Gasteiger partial charge on any atom is -0.337 e. The molecule has 0 bridgehead atoms. The number of carbonyl (C=O) groups is 1. The van der Waals surface area contributed by atoms with Crippen LogP contribution in [0, 0.1) is 0 Å². The van der Waals surface area contributed by atoms with Crippen LogP contribution < -0.4 is 0 Å². The van der Waals surface area contributed by atoms with Crippen molar-refractivity contribution in [1.29, 1.82) is 0 Å². The molecule has 1 aromatic heterocycles. The van der Waals surface area contributed by atoms with Crippen LogP contribution >= 0.6 is 0 Å². The summed E-state index contributed by atoms with van der Waals surface area (Å²) in [5, 5.41) is 0. The van der Waals surface area contributed by atoms with Crippen molar-refractivity contribution in [3.63, 3.8) is 0 Å². The zero-order chi connectivity index (χ0) is 26.2. The predicted octanol–water partition coefficient (Wildman–Crippen LogP) is 7.08. The monoisotopic (exact) mass is 506 g/mol. The highest BCUT2D eigenvalue weighted by Gasteiger charge is 2.37. The van der Waals surface area contributed by atoms with Gasteiger partial charge in [-0.25, -0.2) is 0 Å². The summed E-state index contributed by atoms with van der Waals surface area (Å²) in [4.78, 5) is 17.6. The van der Waals surface area contributed by atoms with Gasteiger partial charge in [0.1, 0.15) is 0 Å². The Morgan fingerprint density at radius 1 is 0.800 bits per heavy atom. The van der Waals surface area contributed by atoms with Gasteiger partial charge >= 0.3 is 18.5 Å². The maximum atomic E-state index is 13.5. The van der Waals surface area contributed by atoms with E-state index in [1.807, 2.05) is 0 Å².